The third kappa shape index (κ3) is 1.38. The van der Waals surface area contributed by atoms with Crippen molar-refractivity contribution in [2.24, 2.45) is 0 Å². The van der Waals surface area contributed by atoms with Crippen LogP contribution in [0.1, 0.15) is 5.56 Å². The lowest BCUT2D eigenvalue weighted by molar-refractivity contribution is -0.387. The van der Waals surface area contributed by atoms with E-state index in [1.54, 1.807) is 6.92 Å². The van der Waals surface area contributed by atoms with E-state index in [0.717, 1.165) is 6.07 Å². The molecule has 0 atom stereocenters. The van der Waals surface area contributed by atoms with Gasteiger partial charge in [-0.05, 0) is 18.6 Å². The van der Waals surface area contributed by atoms with E-state index < -0.39 is 16.4 Å². The number of rotatable bonds is 1. The molecule has 1 aromatic carbocycles. The molecule has 0 saturated carbocycles. The maximum atomic E-state index is 12.8. The molecule has 0 saturated heterocycles. The van der Waals surface area contributed by atoms with Crippen LogP contribution in [-0.2, 0) is 0 Å². The Bertz CT molecular complexity index is 340. The minimum absolute atomic E-state index is 0.139. The van der Waals surface area contributed by atoms with Crippen LogP contribution in [0, 0.1) is 22.9 Å². The molecule has 1 rings (SSSR count). The molecule has 3 nitrogen and oxygen atoms in total. The molecule has 0 unspecified atom stereocenters. The number of aryl methyl sites for hydroxylation is 1. The van der Waals surface area contributed by atoms with E-state index in [2.05, 4.69) is 0 Å². The molecule has 0 aliphatic rings. The van der Waals surface area contributed by atoms with Gasteiger partial charge in [-0.15, -0.1) is 0 Å². The third-order valence-corrected chi connectivity index (χ3v) is 1.92. The van der Waals surface area contributed by atoms with E-state index in [-0.39, 0.29) is 5.02 Å². The topological polar surface area (TPSA) is 43.1 Å². The fourth-order valence-electron chi connectivity index (χ4n) is 0.809. The number of hydrogen-bond acceptors (Lipinski definition) is 2. The monoisotopic (exact) mass is 189 g/mol. The van der Waals surface area contributed by atoms with Crippen LogP contribution in [0.4, 0.5) is 10.1 Å². The van der Waals surface area contributed by atoms with Gasteiger partial charge in [0.25, 0.3) is 0 Å². The van der Waals surface area contributed by atoms with E-state index in [4.69, 9.17) is 11.6 Å². The lowest BCUT2D eigenvalue weighted by atomic mass is 10.2. The summed E-state index contributed by atoms with van der Waals surface area (Å²) >= 11 is 5.51. The Balaban J connectivity index is 3.43. The molecule has 0 bridgehead atoms. The summed E-state index contributed by atoms with van der Waals surface area (Å²) in [5.74, 6) is -0.907. The van der Waals surface area contributed by atoms with Gasteiger partial charge in [0.15, 0.2) is 0 Å². The summed E-state index contributed by atoms with van der Waals surface area (Å²) in [5.41, 5.74) is -0.165. The number of halogens is 2. The zero-order chi connectivity index (χ0) is 9.30. The minimum atomic E-state index is -0.907. The van der Waals surface area contributed by atoms with Crippen molar-refractivity contribution in [3.8, 4) is 0 Å². The zero-order valence-corrected chi connectivity index (χ0v) is 6.93. The van der Waals surface area contributed by atoms with E-state index in [0.29, 0.717) is 5.56 Å². The molecule has 64 valence electrons. The molecule has 1 aromatic rings. The molecule has 0 fully saturated rings. The van der Waals surface area contributed by atoms with Crippen LogP contribution in [0.3, 0.4) is 0 Å². The Labute approximate surface area is 72.9 Å². The predicted molar refractivity (Wildman–Crippen MR) is 42.8 cm³/mol. The zero-order valence-electron chi connectivity index (χ0n) is 6.17. The van der Waals surface area contributed by atoms with Crippen LogP contribution in [0.15, 0.2) is 12.1 Å². The molecular weight excluding hydrogens is 185 g/mol. The number of hydrogen-bond donors (Lipinski definition) is 0. The van der Waals surface area contributed by atoms with E-state index >= 15 is 0 Å². The van der Waals surface area contributed by atoms with E-state index in [1.807, 2.05) is 0 Å². The fraction of sp³-hybridized carbons (Fsp3) is 0.143. The van der Waals surface area contributed by atoms with Crippen molar-refractivity contribution in [1.82, 2.24) is 0 Å². The molecule has 0 spiro atoms. The number of nitro benzene ring substituents is 1. The predicted octanol–water partition coefficient (Wildman–Crippen LogP) is 2.70. The van der Waals surface area contributed by atoms with Crippen LogP contribution < -0.4 is 0 Å². The summed E-state index contributed by atoms with van der Waals surface area (Å²) in [5, 5.41) is 10.1. The second-order valence-corrected chi connectivity index (χ2v) is 2.66. The van der Waals surface area contributed by atoms with Crippen LogP contribution in [0.5, 0.6) is 0 Å². The highest BCUT2D eigenvalue weighted by atomic mass is 35.5. The van der Waals surface area contributed by atoms with Gasteiger partial charge in [0.05, 0.1) is 4.92 Å². The Morgan fingerprint density at radius 1 is 1.58 bits per heavy atom. The summed E-state index contributed by atoms with van der Waals surface area (Å²) < 4.78 is 12.8. The smallest absolute Gasteiger partial charge is 0.258 e. The molecule has 0 aliphatic heterocycles. The Morgan fingerprint density at radius 3 is 2.58 bits per heavy atom. The van der Waals surface area contributed by atoms with Crippen molar-refractivity contribution >= 4 is 17.3 Å². The van der Waals surface area contributed by atoms with Gasteiger partial charge in [-0.25, -0.2) is 0 Å². The molecule has 0 heterocycles. The Hall–Kier alpha value is -1.16. The number of nitrogens with zero attached hydrogens (tertiary/aromatic N) is 1. The van der Waals surface area contributed by atoms with Crippen molar-refractivity contribution in [2.45, 2.75) is 6.92 Å². The van der Waals surface area contributed by atoms with Gasteiger partial charge >= 0.3 is 5.69 Å². The SMILES string of the molecule is Cc1ccc(F)c([N+](=O)[O-])c1Cl. The first-order valence-electron chi connectivity index (χ1n) is 3.13. The van der Waals surface area contributed by atoms with Gasteiger partial charge in [-0.3, -0.25) is 10.1 Å². The van der Waals surface area contributed by atoms with Crippen LogP contribution >= 0.6 is 11.6 Å². The van der Waals surface area contributed by atoms with Crippen LogP contribution in [-0.4, -0.2) is 4.92 Å². The average Bonchev–Trinajstić information content (AvgIpc) is 1.97. The van der Waals surface area contributed by atoms with E-state index in [9.17, 15) is 14.5 Å². The molecule has 0 aliphatic carbocycles. The average molecular weight is 190 g/mol. The lowest BCUT2D eigenvalue weighted by Gasteiger charge is -1.98. The van der Waals surface area contributed by atoms with Gasteiger partial charge in [0.2, 0.25) is 5.82 Å². The largest absolute Gasteiger partial charge is 0.323 e. The first-order valence-corrected chi connectivity index (χ1v) is 3.51. The molecule has 0 aromatic heterocycles. The summed E-state index contributed by atoms with van der Waals surface area (Å²) in [7, 11) is 0. The Morgan fingerprint density at radius 2 is 2.17 bits per heavy atom. The quantitative estimate of drug-likeness (QED) is 0.504. The highest BCUT2D eigenvalue weighted by molar-refractivity contribution is 6.33. The fourth-order valence-corrected chi connectivity index (χ4v) is 1.03. The highest BCUT2D eigenvalue weighted by Crippen LogP contribution is 2.29. The summed E-state index contributed by atoms with van der Waals surface area (Å²) in [6.07, 6.45) is 0. The van der Waals surface area contributed by atoms with Crippen molar-refractivity contribution in [3.63, 3.8) is 0 Å². The Kier molecular flexibility index (Phi) is 2.28. The maximum absolute atomic E-state index is 12.8. The number of benzene rings is 1. The van der Waals surface area contributed by atoms with E-state index in [1.165, 1.54) is 6.07 Å². The molecule has 0 radical (unpaired) electrons. The second-order valence-electron chi connectivity index (χ2n) is 2.28. The maximum Gasteiger partial charge on any atom is 0.323 e. The molecule has 0 N–H and O–H groups in total. The minimum Gasteiger partial charge on any atom is -0.258 e. The summed E-state index contributed by atoms with van der Waals surface area (Å²) in [6.45, 7) is 1.58. The van der Waals surface area contributed by atoms with Gasteiger partial charge in [-0.2, -0.15) is 4.39 Å². The van der Waals surface area contributed by atoms with Crippen molar-refractivity contribution in [3.05, 3.63) is 38.7 Å². The van der Waals surface area contributed by atoms with Gasteiger partial charge in [0.1, 0.15) is 5.02 Å². The van der Waals surface area contributed by atoms with Gasteiger partial charge < -0.3 is 0 Å². The van der Waals surface area contributed by atoms with Crippen molar-refractivity contribution in [2.75, 3.05) is 0 Å². The van der Waals surface area contributed by atoms with Crippen molar-refractivity contribution in [1.29, 1.82) is 0 Å². The first kappa shape index (κ1) is 8.93. The van der Waals surface area contributed by atoms with Crippen LogP contribution in [0.2, 0.25) is 5.02 Å². The standard InChI is InChI=1S/C7H5ClFNO2/c1-4-2-3-5(9)7(6(4)8)10(11)12/h2-3H,1H3. The van der Waals surface area contributed by atoms with Crippen molar-refractivity contribution < 1.29 is 9.31 Å². The van der Waals surface area contributed by atoms with Crippen LogP contribution in [0.25, 0.3) is 0 Å². The number of nitro groups is 1. The normalized spacial score (nSPS) is 9.92. The second kappa shape index (κ2) is 3.06. The molecule has 5 heteroatoms. The summed E-state index contributed by atoms with van der Waals surface area (Å²) in [6, 6.07) is 2.42. The summed E-state index contributed by atoms with van der Waals surface area (Å²) in [4.78, 5) is 9.45. The van der Waals surface area contributed by atoms with Gasteiger partial charge in [0, 0.05) is 0 Å². The molecule has 0 amide bonds. The highest BCUT2D eigenvalue weighted by Gasteiger charge is 2.20. The first-order chi connectivity index (χ1) is 5.54. The molecular formula is C7H5ClFNO2. The van der Waals surface area contributed by atoms with Gasteiger partial charge in [-0.1, -0.05) is 17.7 Å². The molecule has 12 heavy (non-hydrogen) atoms. The lowest BCUT2D eigenvalue weighted by Crippen LogP contribution is -1.94. The third-order valence-electron chi connectivity index (χ3n) is 1.44.